The smallest absolute Gasteiger partial charge is 0.268 e. The molecule has 0 amide bonds. The molecule has 4 nitrogen and oxygen atoms in total. The van der Waals surface area contributed by atoms with Crippen molar-refractivity contribution in [2.45, 2.75) is 44.8 Å². The van der Waals surface area contributed by atoms with Crippen molar-refractivity contribution in [3.05, 3.63) is 23.0 Å². The summed E-state index contributed by atoms with van der Waals surface area (Å²) in [4.78, 5) is 0. The first kappa shape index (κ1) is 13.4. The highest BCUT2D eigenvalue weighted by Crippen LogP contribution is 2.36. The molecule has 1 saturated carbocycles. The van der Waals surface area contributed by atoms with Gasteiger partial charge in [0.25, 0.3) is 6.43 Å². The maximum Gasteiger partial charge on any atom is 0.268 e. The van der Waals surface area contributed by atoms with Crippen LogP contribution in [0.2, 0.25) is 0 Å². The van der Waals surface area contributed by atoms with Crippen LogP contribution in [0.3, 0.4) is 0 Å². The largest absolute Gasteiger partial charge is 0.388 e. The third kappa shape index (κ3) is 1.96. The number of alkyl halides is 2. The number of rotatable bonds is 3. The number of hydrogen-bond donors (Lipinski definition) is 1. The summed E-state index contributed by atoms with van der Waals surface area (Å²) in [5, 5.41) is 17.7. The maximum atomic E-state index is 14.0. The SMILES string of the molecule is Cc1cc2nnn(CC3(O)CCC3)c2c(C(F)F)c1F. The summed E-state index contributed by atoms with van der Waals surface area (Å²) in [6.45, 7) is 1.48. The van der Waals surface area contributed by atoms with E-state index in [-0.39, 0.29) is 23.1 Å². The molecule has 108 valence electrons. The molecular formula is C13H14F3N3O. The van der Waals surface area contributed by atoms with Gasteiger partial charge in [-0.15, -0.1) is 5.10 Å². The van der Waals surface area contributed by atoms with Gasteiger partial charge in [0.05, 0.1) is 17.7 Å². The van der Waals surface area contributed by atoms with Crippen molar-refractivity contribution in [2.75, 3.05) is 0 Å². The second kappa shape index (κ2) is 4.44. The number of fused-ring (bicyclic) bond motifs is 1. The lowest BCUT2D eigenvalue weighted by molar-refractivity contribution is -0.0493. The van der Waals surface area contributed by atoms with Crippen molar-refractivity contribution in [3.8, 4) is 0 Å². The normalized spacial score (nSPS) is 17.7. The van der Waals surface area contributed by atoms with E-state index in [9.17, 15) is 18.3 Å². The fourth-order valence-electron chi connectivity index (χ4n) is 2.62. The molecule has 1 fully saturated rings. The highest BCUT2D eigenvalue weighted by Gasteiger charge is 2.36. The van der Waals surface area contributed by atoms with E-state index in [4.69, 9.17) is 0 Å². The van der Waals surface area contributed by atoms with Crippen molar-refractivity contribution in [2.24, 2.45) is 0 Å². The van der Waals surface area contributed by atoms with Crippen LogP contribution in [0.25, 0.3) is 11.0 Å². The summed E-state index contributed by atoms with van der Waals surface area (Å²) in [5.41, 5.74) is -1.32. The third-order valence-corrected chi connectivity index (χ3v) is 3.90. The summed E-state index contributed by atoms with van der Waals surface area (Å²) in [6.07, 6.45) is -0.886. The van der Waals surface area contributed by atoms with E-state index in [0.29, 0.717) is 12.8 Å². The van der Waals surface area contributed by atoms with Crippen molar-refractivity contribution in [3.63, 3.8) is 0 Å². The van der Waals surface area contributed by atoms with Gasteiger partial charge in [-0.2, -0.15) is 0 Å². The van der Waals surface area contributed by atoms with Gasteiger partial charge in [0.2, 0.25) is 0 Å². The van der Waals surface area contributed by atoms with E-state index in [1.54, 1.807) is 0 Å². The van der Waals surface area contributed by atoms with Gasteiger partial charge in [-0.1, -0.05) is 5.21 Å². The van der Waals surface area contributed by atoms with E-state index in [1.165, 1.54) is 17.7 Å². The van der Waals surface area contributed by atoms with Crippen LogP contribution in [-0.4, -0.2) is 25.7 Å². The van der Waals surface area contributed by atoms with Crippen LogP contribution in [0.15, 0.2) is 6.07 Å². The molecule has 2 aromatic rings. The number of aromatic nitrogens is 3. The van der Waals surface area contributed by atoms with Gasteiger partial charge in [0.15, 0.2) is 0 Å². The molecule has 0 atom stereocenters. The first-order valence-electron chi connectivity index (χ1n) is 6.44. The quantitative estimate of drug-likeness (QED) is 0.943. The van der Waals surface area contributed by atoms with Crippen LogP contribution >= 0.6 is 0 Å². The number of hydrogen-bond acceptors (Lipinski definition) is 3. The van der Waals surface area contributed by atoms with Gasteiger partial charge in [-0.05, 0) is 37.8 Å². The van der Waals surface area contributed by atoms with Crippen LogP contribution in [0, 0.1) is 12.7 Å². The Kier molecular flexibility index (Phi) is 2.97. The van der Waals surface area contributed by atoms with Crippen LogP contribution < -0.4 is 0 Å². The third-order valence-electron chi connectivity index (χ3n) is 3.90. The summed E-state index contributed by atoms with van der Waals surface area (Å²) in [5.74, 6) is -0.934. The monoisotopic (exact) mass is 285 g/mol. The van der Waals surface area contributed by atoms with E-state index in [2.05, 4.69) is 10.3 Å². The minimum atomic E-state index is -2.95. The van der Waals surface area contributed by atoms with Crippen LogP contribution in [0.5, 0.6) is 0 Å². The minimum absolute atomic E-state index is 0.0246. The Balaban J connectivity index is 2.16. The lowest BCUT2D eigenvalue weighted by atomic mass is 9.80. The van der Waals surface area contributed by atoms with Crippen molar-refractivity contribution in [1.82, 2.24) is 15.0 Å². The summed E-state index contributed by atoms with van der Waals surface area (Å²) in [6, 6.07) is 1.39. The molecule has 1 aromatic heterocycles. The number of halogens is 3. The molecule has 3 rings (SSSR count). The molecule has 1 N–H and O–H groups in total. The molecule has 1 aliphatic carbocycles. The Morgan fingerprint density at radius 2 is 2.15 bits per heavy atom. The number of aliphatic hydroxyl groups is 1. The Morgan fingerprint density at radius 1 is 1.45 bits per heavy atom. The van der Waals surface area contributed by atoms with Crippen LogP contribution in [0.4, 0.5) is 13.2 Å². The van der Waals surface area contributed by atoms with Gasteiger partial charge < -0.3 is 5.11 Å². The predicted molar refractivity (Wildman–Crippen MR) is 66.0 cm³/mol. The molecule has 0 radical (unpaired) electrons. The summed E-state index contributed by atoms with van der Waals surface area (Å²) in [7, 11) is 0. The highest BCUT2D eigenvalue weighted by atomic mass is 19.3. The minimum Gasteiger partial charge on any atom is -0.388 e. The van der Waals surface area contributed by atoms with E-state index in [0.717, 1.165) is 6.42 Å². The average Bonchev–Trinajstić information content (AvgIpc) is 2.71. The van der Waals surface area contributed by atoms with E-state index in [1.807, 2.05) is 0 Å². The zero-order valence-electron chi connectivity index (χ0n) is 10.9. The summed E-state index contributed by atoms with van der Waals surface area (Å²) < 4.78 is 41.5. The molecule has 20 heavy (non-hydrogen) atoms. The Bertz CT molecular complexity index is 664. The van der Waals surface area contributed by atoms with E-state index < -0.39 is 23.4 Å². The molecule has 1 heterocycles. The molecule has 0 spiro atoms. The number of benzene rings is 1. The average molecular weight is 285 g/mol. The molecule has 0 aliphatic heterocycles. The standard InChI is InChI=1S/C13H14F3N3O/c1-7-5-8-11(9(10(7)14)12(15)16)19(18-17-8)6-13(20)3-2-4-13/h5,12,20H,2-4,6H2,1H3. The van der Waals surface area contributed by atoms with Crippen molar-refractivity contribution in [1.29, 1.82) is 0 Å². The van der Waals surface area contributed by atoms with E-state index >= 15 is 0 Å². The second-order valence-corrected chi connectivity index (χ2v) is 5.41. The predicted octanol–water partition coefficient (Wildman–Crippen LogP) is 2.73. The molecule has 0 saturated heterocycles. The zero-order valence-corrected chi connectivity index (χ0v) is 10.9. The fraction of sp³-hybridized carbons (Fsp3) is 0.538. The molecule has 1 aromatic carbocycles. The fourth-order valence-corrected chi connectivity index (χ4v) is 2.62. The molecular weight excluding hydrogens is 271 g/mol. The molecule has 1 aliphatic rings. The van der Waals surface area contributed by atoms with Crippen LogP contribution in [-0.2, 0) is 6.54 Å². The molecule has 0 unspecified atom stereocenters. The highest BCUT2D eigenvalue weighted by molar-refractivity contribution is 5.79. The second-order valence-electron chi connectivity index (χ2n) is 5.41. The molecule has 0 bridgehead atoms. The summed E-state index contributed by atoms with van der Waals surface area (Å²) >= 11 is 0. The van der Waals surface area contributed by atoms with Gasteiger partial charge in [-0.25, -0.2) is 17.9 Å². The number of nitrogens with zero attached hydrogens (tertiary/aromatic N) is 3. The first-order valence-corrected chi connectivity index (χ1v) is 6.44. The zero-order chi connectivity index (χ0) is 14.5. The van der Waals surface area contributed by atoms with Gasteiger partial charge in [-0.3, -0.25) is 0 Å². The first-order chi connectivity index (χ1) is 9.41. The lowest BCUT2D eigenvalue weighted by Gasteiger charge is -2.36. The Hall–Kier alpha value is -1.63. The lowest BCUT2D eigenvalue weighted by Crippen LogP contribution is -2.41. The number of aryl methyl sites for hydroxylation is 1. The van der Waals surface area contributed by atoms with Gasteiger partial charge in [0, 0.05) is 0 Å². The van der Waals surface area contributed by atoms with Gasteiger partial charge in [0.1, 0.15) is 16.9 Å². The van der Waals surface area contributed by atoms with Crippen LogP contribution in [0.1, 0.15) is 36.8 Å². The topological polar surface area (TPSA) is 50.9 Å². The Labute approximate surface area is 113 Å². The van der Waals surface area contributed by atoms with Gasteiger partial charge >= 0.3 is 0 Å². The maximum absolute atomic E-state index is 14.0. The van der Waals surface area contributed by atoms with Crippen molar-refractivity contribution >= 4 is 11.0 Å². The molecule has 7 heteroatoms. The Morgan fingerprint density at radius 3 is 2.70 bits per heavy atom. The van der Waals surface area contributed by atoms with Crippen molar-refractivity contribution < 1.29 is 18.3 Å².